The molecule has 1 aliphatic rings. The average molecular weight is 430 g/mol. The summed E-state index contributed by atoms with van der Waals surface area (Å²) in [4.78, 5) is 30.0. The number of anilines is 2. The minimum Gasteiger partial charge on any atom is -0.377 e. The van der Waals surface area contributed by atoms with E-state index in [1.165, 1.54) is 0 Å². The summed E-state index contributed by atoms with van der Waals surface area (Å²) in [6, 6.07) is 6.19. The quantitative estimate of drug-likeness (QED) is 0.577. The van der Waals surface area contributed by atoms with Crippen LogP contribution in [-0.2, 0) is 16.1 Å². The van der Waals surface area contributed by atoms with Crippen molar-refractivity contribution in [2.45, 2.75) is 86.2 Å². The van der Waals surface area contributed by atoms with E-state index in [9.17, 15) is 9.59 Å². The number of hydrogen-bond acceptors (Lipinski definition) is 3. The van der Waals surface area contributed by atoms with Gasteiger partial charge in [0.25, 0.3) is 0 Å². The van der Waals surface area contributed by atoms with Crippen molar-refractivity contribution in [3.8, 4) is 0 Å². The molecule has 5 heteroatoms. The predicted octanol–water partition coefficient (Wildman–Crippen LogP) is 5.69. The smallest absolute Gasteiger partial charge is 0.227 e. The first-order chi connectivity index (χ1) is 14.4. The Bertz CT molecular complexity index is 758. The van der Waals surface area contributed by atoms with Gasteiger partial charge < -0.3 is 15.1 Å². The molecule has 2 rings (SSSR count). The number of nitrogens with one attached hydrogen (secondary N) is 1. The van der Waals surface area contributed by atoms with Crippen LogP contribution in [0.2, 0.25) is 0 Å². The number of carbonyl (C=O) groups is 2. The van der Waals surface area contributed by atoms with E-state index in [1.54, 1.807) is 0 Å². The molecule has 0 radical (unpaired) electrons. The summed E-state index contributed by atoms with van der Waals surface area (Å²) in [5, 5.41) is 3.12. The van der Waals surface area contributed by atoms with Gasteiger partial charge in [0, 0.05) is 50.4 Å². The maximum atomic E-state index is 13.3. The van der Waals surface area contributed by atoms with Gasteiger partial charge in [-0.05, 0) is 54.9 Å². The predicted molar refractivity (Wildman–Crippen MR) is 130 cm³/mol. The highest BCUT2D eigenvalue weighted by molar-refractivity contribution is 5.93. The molecule has 0 saturated heterocycles. The fourth-order valence-electron chi connectivity index (χ4n) is 4.22. The number of rotatable bonds is 8. The Morgan fingerprint density at radius 3 is 2.23 bits per heavy atom. The molecule has 0 bridgehead atoms. The van der Waals surface area contributed by atoms with Gasteiger partial charge in [0.05, 0.1) is 0 Å². The standard InChI is InChI=1S/C26H43N3O2/c1-18(2)19(3)29(24(30)16-26(4,5)6)17-21-15-22(13-14-23(21)28(7)8)27-25(31)20-11-9-10-12-20/h13-15,18-20H,9-12,16-17H2,1-8H3,(H,27,31)/t19-/m0/s1. The lowest BCUT2D eigenvalue weighted by atomic mass is 9.90. The van der Waals surface area contributed by atoms with Gasteiger partial charge in [-0.1, -0.05) is 47.5 Å². The van der Waals surface area contributed by atoms with Crippen molar-refractivity contribution < 1.29 is 9.59 Å². The molecule has 0 unspecified atom stereocenters. The molecule has 2 amide bonds. The van der Waals surface area contributed by atoms with Crippen LogP contribution in [0.5, 0.6) is 0 Å². The summed E-state index contributed by atoms with van der Waals surface area (Å²) >= 11 is 0. The maximum Gasteiger partial charge on any atom is 0.227 e. The molecule has 0 aliphatic heterocycles. The van der Waals surface area contributed by atoms with Crippen LogP contribution >= 0.6 is 0 Å². The fourth-order valence-corrected chi connectivity index (χ4v) is 4.22. The van der Waals surface area contributed by atoms with Crippen LogP contribution in [0.1, 0.15) is 79.2 Å². The van der Waals surface area contributed by atoms with Crippen LogP contribution in [0.25, 0.3) is 0 Å². The van der Waals surface area contributed by atoms with Gasteiger partial charge in [-0.3, -0.25) is 9.59 Å². The van der Waals surface area contributed by atoms with E-state index >= 15 is 0 Å². The minimum atomic E-state index is -0.0620. The summed E-state index contributed by atoms with van der Waals surface area (Å²) < 4.78 is 0. The zero-order valence-electron chi connectivity index (χ0n) is 20.9. The third-order valence-corrected chi connectivity index (χ3v) is 6.35. The summed E-state index contributed by atoms with van der Waals surface area (Å²) in [7, 11) is 4.03. The van der Waals surface area contributed by atoms with E-state index in [0.29, 0.717) is 18.9 Å². The van der Waals surface area contributed by atoms with E-state index in [0.717, 1.165) is 42.6 Å². The molecule has 31 heavy (non-hydrogen) atoms. The number of benzene rings is 1. The van der Waals surface area contributed by atoms with Crippen molar-refractivity contribution in [2.75, 3.05) is 24.3 Å². The highest BCUT2D eigenvalue weighted by Crippen LogP contribution is 2.30. The lowest BCUT2D eigenvalue weighted by molar-refractivity contribution is -0.136. The van der Waals surface area contributed by atoms with Crippen molar-refractivity contribution in [3.05, 3.63) is 23.8 Å². The Labute approximate surface area is 189 Å². The summed E-state index contributed by atoms with van der Waals surface area (Å²) in [5.74, 6) is 0.788. The summed E-state index contributed by atoms with van der Waals surface area (Å²) in [6.07, 6.45) is 4.76. The van der Waals surface area contributed by atoms with Crippen LogP contribution in [0.3, 0.4) is 0 Å². The van der Waals surface area contributed by atoms with E-state index < -0.39 is 0 Å². The summed E-state index contributed by atoms with van der Waals surface area (Å²) in [5.41, 5.74) is 2.89. The lowest BCUT2D eigenvalue weighted by Gasteiger charge is -2.35. The zero-order chi connectivity index (χ0) is 23.3. The van der Waals surface area contributed by atoms with Crippen molar-refractivity contribution in [1.29, 1.82) is 0 Å². The minimum absolute atomic E-state index is 0.0620. The van der Waals surface area contributed by atoms with Crippen LogP contribution in [-0.4, -0.2) is 36.9 Å². The van der Waals surface area contributed by atoms with Crippen LogP contribution < -0.4 is 10.2 Å². The molecular weight excluding hydrogens is 386 g/mol. The molecular formula is C26H43N3O2. The lowest BCUT2D eigenvalue weighted by Crippen LogP contribution is -2.42. The molecule has 1 atom stereocenters. The molecule has 1 aliphatic carbocycles. The third-order valence-electron chi connectivity index (χ3n) is 6.35. The normalized spacial score (nSPS) is 15.8. The van der Waals surface area contributed by atoms with Gasteiger partial charge in [-0.2, -0.15) is 0 Å². The largest absolute Gasteiger partial charge is 0.377 e. The molecule has 0 heterocycles. The number of carbonyl (C=O) groups excluding carboxylic acids is 2. The maximum absolute atomic E-state index is 13.3. The molecule has 1 fully saturated rings. The fraction of sp³-hybridized carbons (Fsp3) is 0.692. The molecule has 1 saturated carbocycles. The Balaban J connectivity index is 2.32. The Morgan fingerprint density at radius 1 is 1.10 bits per heavy atom. The Hall–Kier alpha value is -2.04. The van der Waals surface area contributed by atoms with Crippen molar-refractivity contribution in [2.24, 2.45) is 17.3 Å². The van der Waals surface area contributed by atoms with Crippen molar-refractivity contribution in [1.82, 2.24) is 4.90 Å². The molecule has 0 spiro atoms. The Morgan fingerprint density at radius 2 is 1.71 bits per heavy atom. The Kier molecular flexibility index (Phi) is 8.56. The van der Waals surface area contributed by atoms with Crippen LogP contribution in [0.4, 0.5) is 11.4 Å². The van der Waals surface area contributed by atoms with Gasteiger partial charge in [0.15, 0.2) is 0 Å². The van der Waals surface area contributed by atoms with E-state index in [1.807, 2.05) is 37.2 Å². The SMILES string of the molecule is CC(C)[C@H](C)N(Cc1cc(NC(=O)C2CCCC2)ccc1N(C)C)C(=O)CC(C)(C)C. The van der Waals surface area contributed by atoms with Gasteiger partial charge in [0.2, 0.25) is 11.8 Å². The van der Waals surface area contributed by atoms with Gasteiger partial charge in [-0.15, -0.1) is 0 Å². The second-order valence-corrected chi connectivity index (χ2v) is 11.0. The number of amides is 2. The first kappa shape index (κ1) is 25.2. The number of nitrogens with zero attached hydrogens (tertiary/aromatic N) is 2. The van der Waals surface area contributed by atoms with Gasteiger partial charge in [-0.25, -0.2) is 0 Å². The second kappa shape index (κ2) is 10.5. The van der Waals surface area contributed by atoms with Gasteiger partial charge in [0.1, 0.15) is 0 Å². The van der Waals surface area contributed by atoms with E-state index in [2.05, 4.69) is 51.8 Å². The highest BCUT2D eigenvalue weighted by Gasteiger charge is 2.28. The third kappa shape index (κ3) is 7.26. The molecule has 1 aromatic carbocycles. The number of hydrogen-bond donors (Lipinski definition) is 1. The average Bonchev–Trinajstić information content (AvgIpc) is 3.18. The van der Waals surface area contributed by atoms with E-state index in [-0.39, 0.29) is 29.2 Å². The first-order valence-corrected chi connectivity index (χ1v) is 11.8. The van der Waals surface area contributed by atoms with E-state index in [4.69, 9.17) is 0 Å². The van der Waals surface area contributed by atoms with Crippen LogP contribution in [0, 0.1) is 17.3 Å². The second-order valence-electron chi connectivity index (χ2n) is 11.0. The topological polar surface area (TPSA) is 52.7 Å². The molecule has 1 N–H and O–H groups in total. The monoisotopic (exact) mass is 429 g/mol. The molecule has 5 nitrogen and oxygen atoms in total. The zero-order valence-corrected chi connectivity index (χ0v) is 20.9. The molecule has 174 valence electrons. The molecule has 1 aromatic rings. The highest BCUT2D eigenvalue weighted by atomic mass is 16.2. The summed E-state index contributed by atoms with van der Waals surface area (Å²) in [6.45, 7) is 13.3. The van der Waals surface area contributed by atoms with Crippen molar-refractivity contribution in [3.63, 3.8) is 0 Å². The first-order valence-electron chi connectivity index (χ1n) is 11.8. The molecule has 0 aromatic heterocycles. The van der Waals surface area contributed by atoms with Crippen LogP contribution in [0.15, 0.2) is 18.2 Å². The van der Waals surface area contributed by atoms with Crippen molar-refractivity contribution >= 4 is 23.2 Å². The van der Waals surface area contributed by atoms with Gasteiger partial charge >= 0.3 is 0 Å².